The number of aliphatic hydroxyl groups is 1. The predicted molar refractivity (Wildman–Crippen MR) is 108 cm³/mol. The zero-order valence-corrected chi connectivity index (χ0v) is 17.6. The smallest absolute Gasteiger partial charge is 0.377 e. The van der Waals surface area contributed by atoms with Crippen molar-refractivity contribution < 1.29 is 23.1 Å². The highest BCUT2D eigenvalue weighted by atomic mass is 32.1. The standard InChI is InChI=1S/C19H24F3N5O2S/c1-10-14(11-6-7-24-13(9-11)18(2,3)19(20,21)22)30-16(25-10)26-17(29)27-8-4-5-12(27)15(23)28/h6-7,9,12,15,28H,4-5,8,23H2,1-3H3,(H,25,26,29)/t12-,15?/m0/s1. The van der Waals surface area contributed by atoms with Crippen LogP contribution in [0, 0.1) is 6.92 Å². The molecule has 30 heavy (non-hydrogen) atoms. The van der Waals surface area contributed by atoms with Crippen molar-refractivity contribution in [3.05, 3.63) is 29.7 Å². The molecule has 3 rings (SSSR count). The van der Waals surface area contributed by atoms with E-state index in [2.05, 4.69) is 15.3 Å². The van der Waals surface area contributed by atoms with Crippen LogP contribution in [0.3, 0.4) is 0 Å². The van der Waals surface area contributed by atoms with Crippen molar-refractivity contribution in [2.75, 3.05) is 11.9 Å². The number of carbonyl (C=O) groups excluding carboxylic acids is 1. The van der Waals surface area contributed by atoms with Crippen LogP contribution in [-0.2, 0) is 5.41 Å². The van der Waals surface area contributed by atoms with E-state index in [4.69, 9.17) is 5.73 Å². The van der Waals surface area contributed by atoms with E-state index < -0.39 is 29.9 Å². The summed E-state index contributed by atoms with van der Waals surface area (Å²) in [7, 11) is 0. The lowest BCUT2D eigenvalue weighted by Gasteiger charge is -2.27. The molecule has 1 fully saturated rings. The second-order valence-electron chi connectivity index (χ2n) is 7.81. The summed E-state index contributed by atoms with van der Waals surface area (Å²) in [5.74, 6) is 0. The summed E-state index contributed by atoms with van der Waals surface area (Å²) in [5, 5.41) is 12.7. The molecule has 1 aliphatic heterocycles. The number of hydrogen-bond donors (Lipinski definition) is 3. The normalized spacial score (nSPS) is 18.5. The van der Waals surface area contributed by atoms with Gasteiger partial charge in [-0.1, -0.05) is 11.3 Å². The van der Waals surface area contributed by atoms with Gasteiger partial charge in [0.25, 0.3) is 0 Å². The number of aliphatic hydroxyl groups excluding tert-OH is 1. The van der Waals surface area contributed by atoms with E-state index in [1.54, 1.807) is 13.0 Å². The van der Waals surface area contributed by atoms with Gasteiger partial charge < -0.3 is 15.7 Å². The lowest BCUT2D eigenvalue weighted by Crippen LogP contribution is -2.48. The number of halogens is 3. The van der Waals surface area contributed by atoms with Gasteiger partial charge in [-0.2, -0.15) is 13.2 Å². The van der Waals surface area contributed by atoms with E-state index in [1.807, 2.05) is 0 Å². The van der Waals surface area contributed by atoms with E-state index in [1.165, 1.54) is 17.2 Å². The third-order valence-corrected chi connectivity index (χ3v) is 6.46. The fraction of sp³-hybridized carbons (Fsp3) is 0.526. The number of aromatic nitrogens is 2. The zero-order chi connectivity index (χ0) is 22.3. The van der Waals surface area contributed by atoms with E-state index in [9.17, 15) is 23.1 Å². The summed E-state index contributed by atoms with van der Waals surface area (Å²) in [6.07, 6.45) is -2.88. The number of nitrogens with zero attached hydrogens (tertiary/aromatic N) is 3. The first-order valence-corrected chi connectivity index (χ1v) is 10.3. The minimum absolute atomic E-state index is 0.0947. The first-order valence-electron chi connectivity index (χ1n) is 9.44. The van der Waals surface area contributed by atoms with Crippen molar-refractivity contribution in [2.45, 2.75) is 57.5 Å². The maximum absolute atomic E-state index is 13.4. The van der Waals surface area contributed by atoms with Gasteiger partial charge in [-0.05, 0) is 51.3 Å². The molecular weight excluding hydrogens is 419 g/mol. The molecule has 0 spiro atoms. The van der Waals surface area contributed by atoms with E-state index >= 15 is 0 Å². The van der Waals surface area contributed by atoms with Gasteiger partial charge in [0, 0.05) is 12.7 Å². The molecule has 1 saturated heterocycles. The quantitative estimate of drug-likeness (QED) is 0.626. The van der Waals surface area contributed by atoms with Gasteiger partial charge in [-0.15, -0.1) is 0 Å². The average molecular weight is 443 g/mol. The van der Waals surface area contributed by atoms with Gasteiger partial charge in [-0.3, -0.25) is 10.3 Å². The van der Waals surface area contributed by atoms with Crippen LogP contribution < -0.4 is 11.1 Å². The van der Waals surface area contributed by atoms with Crippen LogP contribution in [0.1, 0.15) is 38.1 Å². The van der Waals surface area contributed by atoms with Crippen molar-refractivity contribution in [2.24, 2.45) is 5.73 Å². The first-order chi connectivity index (χ1) is 13.9. The number of aryl methyl sites for hydroxylation is 1. The minimum atomic E-state index is -4.44. The number of urea groups is 1. The predicted octanol–water partition coefficient (Wildman–Crippen LogP) is 3.63. The summed E-state index contributed by atoms with van der Waals surface area (Å²) in [4.78, 5) is 22.9. The molecule has 0 bridgehead atoms. The Kier molecular flexibility index (Phi) is 6.08. The molecule has 0 aliphatic carbocycles. The number of likely N-dealkylation sites (tertiary alicyclic amines) is 1. The molecule has 2 aromatic heterocycles. The molecule has 11 heteroatoms. The monoisotopic (exact) mass is 443 g/mol. The maximum atomic E-state index is 13.4. The molecule has 0 aromatic carbocycles. The fourth-order valence-electron chi connectivity index (χ4n) is 3.34. The number of anilines is 1. The molecule has 1 aliphatic rings. The summed E-state index contributed by atoms with van der Waals surface area (Å²) in [5.41, 5.74) is 4.46. The molecule has 0 saturated carbocycles. The van der Waals surface area contributed by atoms with Crippen molar-refractivity contribution in [1.82, 2.24) is 14.9 Å². The summed E-state index contributed by atoms with van der Waals surface area (Å²) >= 11 is 1.16. The Hall–Kier alpha value is -2.24. The van der Waals surface area contributed by atoms with E-state index in [0.29, 0.717) is 34.2 Å². The number of nitrogens with two attached hydrogens (primary N) is 1. The van der Waals surface area contributed by atoms with Crippen LogP contribution in [0.4, 0.5) is 23.1 Å². The first kappa shape index (κ1) is 22.4. The van der Waals surface area contributed by atoms with Gasteiger partial charge in [0.15, 0.2) is 5.13 Å². The van der Waals surface area contributed by atoms with Crippen molar-refractivity contribution in [3.63, 3.8) is 0 Å². The highest BCUT2D eigenvalue weighted by Crippen LogP contribution is 2.41. The van der Waals surface area contributed by atoms with Gasteiger partial charge in [0.2, 0.25) is 0 Å². The number of hydrogen-bond acceptors (Lipinski definition) is 6. The number of alkyl halides is 3. The SMILES string of the molecule is Cc1nc(NC(=O)N2CCC[C@H]2C(N)O)sc1-c1ccnc(C(C)(C)C(F)(F)F)c1. The topological polar surface area (TPSA) is 104 Å². The third-order valence-electron chi connectivity index (χ3n) is 5.34. The highest BCUT2D eigenvalue weighted by Gasteiger charge is 2.49. The van der Waals surface area contributed by atoms with Gasteiger partial charge in [-0.25, -0.2) is 9.78 Å². The number of rotatable bonds is 4. The second-order valence-corrected chi connectivity index (χ2v) is 8.81. The number of pyridine rings is 1. The number of amides is 2. The summed E-state index contributed by atoms with van der Waals surface area (Å²) in [6.45, 7) is 4.37. The molecule has 2 aromatic rings. The Bertz CT molecular complexity index is 929. The van der Waals surface area contributed by atoms with Crippen LogP contribution in [0.25, 0.3) is 10.4 Å². The number of carbonyl (C=O) groups is 1. The van der Waals surface area contributed by atoms with Gasteiger partial charge >= 0.3 is 12.2 Å². The maximum Gasteiger partial charge on any atom is 0.399 e. The summed E-state index contributed by atoms with van der Waals surface area (Å²) in [6, 6.07) is 2.14. The highest BCUT2D eigenvalue weighted by molar-refractivity contribution is 7.19. The Morgan fingerprint density at radius 1 is 1.43 bits per heavy atom. The van der Waals surface area contributed by atoms with Crippen LogP contribution in [-0.4, -0.2) is 51.0 Å². The van der Waals surface area contributed by atoms with Gasteiger partial charge in [0.1, 0.15) is 11.6 Å². The molecule has 3 heterocycles. The molecule has 1 unspecified atom stereocenters. The Labute approximate surface area is 176 Å². The van der Waals surface area contributed by atoms with E-state index in [0.717, 1.165) is 31.6 Å². The molecule has 2 amide bonds. The van der Waals surface area contributed by atoms with Crippen molar-refractivity contribution >= 4 is 22.5 Å². The molecule has 2 atom stereocenters. The molecular formula is C19H24F3N5O2S. The minimum Gasteiger partial charge on any atom is -0.377 e. The largest absolute Gasteiger partial charge is 0.399 e. The van der Waals surface area contributed by atoms with Crippen LogP contribution in [0.2, 0.25) is 0 Å². The average Bonchev–Trinajstić information content (AvgIpc) is 3.28. The molecule has 4 N–H and O–H groups in total. The van der Waals surface area contributed by atoms with Crippen molar-refractivity contribution in [3.8, 4) is 10.4 Å². The Morgan fingerprint density at radius 2 is 2.13 bits per heavy atom. The summed E-state index contributed by atoms with van der Waals surface area (Å²) < 4.78 is 40.2. The molecule has 0 radical (unpaired) electrons. The third kappa shape index (κ3) is 4.28. The van der Waals surface area contributed by atoms with Crippen LogP contribution in [0.15, 0.2) is 18.3 Å². The second kappa shape index (κ2) is 8.12. The van der Waals surface area contributed by atoms with Crippen LogP contribution in [0.5, 0.6) is 0 Å². The lowest BCUT2D eigenvalue weighted by molar-refractivity contribution is -0.181. The Balaban J connectivity index is 1.83. The van der Waals surface area contributed by atoms with E-state index in [-0.39, 0.29) is 5.69 Å². The Morgan fingerprint density at radius 3 is 2.77 bits per heavy atom. The fourth-order valence-corrected chi connectivity index (χ4v) is 4.29. The zero-order valence-electron chi connectivity index (χ0n) is 16.8. The molecule has 164 valence electrons. The van der Waals surface area contributed by atoms with Gasteiger partial charge in [0.05, 0.1) is 22.3 Å². The molecule has 7 nitrogen and oxygen atoms in total. The lowest BCUT2D eigenvalue weighted by atomic mass is 9.87. The number of thiazole rings is 1. The van der Waals surface area contributed by atoms with Crippen LogP contribution >= 0.6 is 11.3 Å². The number of nitrogens with one attached hydrogen (secondary N) is 1. The van der Waals surface area contributed by atoms with Crippen molar-refractivity contribution in [1.29, 1.82) is 0 Å².